The number of fused-ring (bicyclic) bond motifs is 1. The van der Waals surface area contributed by atoms with Crippen molar-refractivity contribution in [3.8, 4) is 0 Å². The zero-order valence-corrected chi connectivity index (χ0v) is 16.4. The fraction of sp³-hybridized carbons (Fsp3) is 0.368. The van der Waals surface area contributed by atoms with Crippen molar-refractivity contribution in [3.05, 3.63) is 61.8 Å². The van der Waals surface area contributed by atoms with Gasteiger partial charge in [0, 0.05) is 31.9 Å². The first-order valence-corrected chi connectivity index (χ1v) is 9.73. The second-order valence-corrected chi connectivity index (χ2v) is 7.41. The van der Waals surface area contributed by atoms with Gasteiger partial charge in [-0.25, -0.2) is 9.18 Å². The molecule has 0 saturated carbocycles. The van der Waals surface area contributed by atoms with Crippen LogP contribution < -0.4 is 11.2 Å². The summed E-state index contributed by atoms with van der Waals surface area (Å²) in [6, 6.07) is 3.30. The molecule has 0 aliphatic carbocycles. The van der Waals surface area contributed by atoms with Crippen LogP contribution in [0, 0.1) is 5.82 Å². The molecule has 0 radical (unpaired) electrons. The van der Waals surface area contributed by atoms with Gasteiger partial charge < -0.3 is 9.88 Å². The topological polar surface area (TPSA) is 93.0 Å². The number of carbonyl (C=O) groups excluding carboxylic acids is 1. The lowest BCUT2D eigenvalue weighted by atomic mass is 10.0. The summed E-state index contributed by atoms with van der Waals surface area (Å²) in [6.45, 7) is 3.20. The first kappa shape index (κ1) is 19.4. The Morgan fingerprint density at radius 1 is 1.31 bits per heavy atom. The summed E-state index contributed by atoms with van der Waals surface area (Å²) in [7, 11) is 0. The zero-order valence-electron chi connectivity index (χ0n) is 15.7. The second-order valence-electron chi connectivity index (χ2n) is 7.00. The molecule has 1 saturated heterocycles. The van der Waals surface area contributed by atoms with Gasteiger partial charge in [-0.3, -0.25) is 18.8 Å². The van der Waals surface area contributed by atoms with Gasteiger partial charge in [0.05, 0.1) is 15.9 Å². The third-order valence-corrected chi connectivity index (χ3v) is 5.53. The van der Waals surface area contributed by atoms with E-state index in [1.807, 2.05) is 6.92 Å². The molecule has 4 rings (SSSR count). The third-order valence-electron chi connectivity index (χ3n) is 5.25. The highest BCUT2D eigenvalue weighted by Crippen LogP contribution is 2.23. The van der Waals surface area contributed by atoms with Crippen molar-refractivity contribution < 1.29 is 9.18 Å². The maximum Gasteiger partial charge on any atom is 0.329 e. The molecule has 3 heterocycles. The predicted molar refractivity (Wildman–Crippen MR) is 106 cm³/mol. The van der Waals surface area contributed by atoms with Crippen LogP contribution in [0.1, 0.15) is 36.3 Å². The number of piperidine rings is 1. The van der Waals surface area contributed by atoms with E-state index in [1.54, 1.807) is 15.8 Å². The van der Waals surface area contributed by atoms with Crippen molar-refractivity contribution >= 4 is 28.4 Å². The molecule has 29 heavy (non-hydrogen) atoms. The number of hydrogen-bond acceptors (Lipinski definition) is 4. The fourth-order valence-corrected chi connectivity index (χ4v) is 3.94. The molecule has 0 atom stereocenters. The molecule has 8 nitrogen and oxygen atoms in total. The number of aryl methyl sites for hydroxylation is 1. The van der Waals surface area contributed by atoms with Crippen molar-refractivity contribution in [2.75, 3.05) is 13.1 Å². The van der Waals surface area contributed by atoms with Crippen LogP contribution in [0.25, 0.3) is 10.9 Å². The van der Waals surface area contributed by atoms with Gasteiger partial charge in [0.25, 0.3) is 11.5 Å². The Morgan fingerprint density at radius 3 is 2.69 bits per heavy atom. The number of likely N-dealkylation sites (tertiary alicyclic amines) is 1. The fourth-order valence-electron chi connectivity index (χ4n) is 3.71. The number of nitrogens with zero attached hydrogens (tertiary/aromatic N) is 4. The van der Waals surface area contributed by atoms with E-state index in [1.165, 1.54) is 12.1 Å². The third kappa shape index (κ3) is 3.46. The largest absolute Gasteiger partial charge is 0.337 e. The number of carbonyl (C=O) groups is 1. The molecular formula is C19H19ClFN5O3. The number of H-pyrrole nitrogens is 1. The molecular weight excluding hydrogens is 401 g/mol. The lowest BCUT2D eigenvalue weighted by Gasteiger charge is -2.32. The number of rotatable bonds is 3. The van der Waals surface area contributed by atoms with Crippen LogP contribution in [0.15, 0.2) is 34.0 Å². The Kier molecular flexibility index (Phi) is 4.99. The van der Waals surface area contributed by atoms with Crippen molar-refractivity contribution in [1.29, 1.82) is 0 Å². The van der Waals surface area contributed by atoms with Crippen LogP contribution >= 0.6 is 11.6 Å². The average Bonchev–Trinajstić information content (AvgIpc) is 3.09. The van der Waals surface area contributed by atoms with E-state index in [0.717, 1.165) is 10.6 Å². The Hall–Kier alpha value is -2.94. The summed E-state index contributed by atoms with van der Waals surface area (Å²) >= 11 is 6.12. The number of nitrogens with one attached hydrogen (secondary N) is 1. The molecule has 3 aromatic rings. The molecule has 152 valence electrons. The van der Waals surface area contributed by atoms with Gasteiger partial charge in [-0.15, -0.1) is 0 Å². The highest BCUT2D eigenvalue weighted by molar-refractivity contribution is 6.33. The van der Waals surface area contributed by atoms with Gasteiger partial charge in [-0.05, 0) is 38.0 Å². The number of hydrogen-bond donors (Lipinski definition) is 1. The van der Waals surface area contributed by atoms with E-state index < -0.39 is 17.1 Å². The molecule has 2 aromatic heterocycles. The van der Waals surface area contributed by atoms with Crippen LogP contribution in [0.2, 0.25) is 5.02 Å². The summed E-state index contributed by atoms with van der Waals surface area (Å²) in [5.41, 5.74) is -0.573. The minimum atomic E-state index is -0.544. The minimum Gasteiger partial charge on any atom is -0.337 e. The molecule has 1 aromatic carbocycles. The normalized spacial score (nSPS) is 15.2. The lowest BCUT2D eigenvalue weighted by Crippen LogP contribution is -2.45. The van der Waals surface area contributed by atoms with Crippen LogP contribution in [0.4, 0.5) is 4.39 Å². The average molecular weight is 420 g/mol. The maximum atomic E-state index is 13.5. The Labute approximate surface area is 169 Å². The van der Waals surface area contributed by atoms with Crippen LogP contribution in [-0.2, 0) is 6.54 Å². The van der Waals surface area contributed by atoms with Gasteiger partial charge in [-0.1, -0.05) is 11.6 Å². The SMILES string of the molecule is CCn1cc(Cl)c(C(=O)N2CCC(n3c(=O)[nH]c4ccc(F)cc4c3=O)CC2)n1. The van der Waals surface area contributed by atoms with Crippen LogP contribution in [0.5, 0.6) is 0 Å². The molecule has 1 aliphatic rings. The highest BCUT2D eigenvalue weighted by atomic mass is 35.5. The van der Waals surface area contributed by atoms with Crippen molar-refractivity contribution in [1.82, 2.24) is 24.2 Å². The standard InChI is InChI=1S/C19H19ClFN5O3/c1-2-25-10-14(20)16(23-25)18(28)24-7-5-12(6-8-24)26-17(27)13-9-11(21)3-4-15(13)22-19(26)29/h3-4,9-10,12H,2,5-8H2,1H3,(H,22,29). The van der Waals surface area contributed by atoms with Crippen molar-refractivity contribution in [2.24, 2.45) is 0 Å². The van der Waals surface area contributed by atoms with Gasteiger partial charge in [-0.2, -0.15) is 5.10 Å². The molecule has 1 N–H and O–H groups in total. The summed E-state index contributed by atoms with van der Waals surface area (Å²) in [5, 5.41) is 4.62. The van der Waals surface area contributed by atoms with E-state index in [-0.39, 0.29) is 23.0 Å². The molecule has 0 spiro atoms. The van der Waals surface area contributed by atoms with Gasteiger partial charge in [0.2, 0.25) is 0 Å². The van der Waals surface area contributed by atoms with Crippen LogP contribution in [0.3, 0.4) is 0 Å². The quantitative estimate of drug-likeness (QED) is 0.704. The lowest BCUT2D eigenvalue weighted by molar-refractivity contribution is 0.0685. The molecule has 10 heteroatoms. The summed E-state index contributed by atoms with van der Waals surface area (Å²) in [4.78, 5) is 42.2. The minimum absolute atomic E-state index is 0.125. The van der Waals surface area contributed by atoms with E-state index in [9.17, 15) is 18.8 Å². The first-order chi connectivity index (χ1) is 13.9. The number of benzene rings is 1. The monoisotopic (exact) mass is 419 g/mol. The number of amides is 1. The first-order valence-electron chi connectivity index (χ1n) is 9.35. The van der Waals surface area contributed by atoms with E-state index in [0.29, 0.717) is 43.0 Å². The highest BCUT2D eigenvalue weighted by Gasteiger charge is 2.29. The Bertz CT molecular complexity index is 1210. The smallest absolute Gasteiger partial charge is 0.329 e. The maximum absolute atomic E-state index is 13.5. The molecule has 1 aliphatic heterocycles. The summed E-state index contributed by atoms with van der Waals surface area (Å²) in [5.74, 6) is -0.820. The predicted octanol–water partition coefficient (Wildman–Crippen LogP) is 2.18. The van der Waals surface area contributed by atoms with Gasteiger partial charge in [0.15, 0.2) is 5.69 Å². The summed E-state index contributed by atoms with van der Waals surface area (Å²) < 4.78 is 16.3. The van der Waals surface area contributed by atoms with E-state index >= 15 is 0 Å². The zero-order chi connectivity index (χ0) is 20.7. The number of aromatic nitrogens is 4. The Morgan fingerprint density at radius 2 is 2.03 bits per heavy atom. The molecule has 0 bridgehead atoms. The van der Waals surface area contributed by atoms with Crippen molar-refractivity contribution in [2.45, 2.75) is 32.4 Å². The second kappa shape index (κ2) is 7.47. The molecule has 0 unspecified atom stereocenters. The number of aromatic amines is 1. The summed E-state index contributed by atoms with van der Waals surface area (Å²) in [6.07, 6.45) is 2.44. The van der Waals surface area contributed by atoms with Crippen LogP contribution in [-0.4, -0.2) is 43.2 Å². The molecule has 1 fully saturated rings. The molecule has 1 amide bonds. The number of halogens is 2. The van der Waals surface area contributed by atoms with Gasteiger partial charge >= 0.3 is 5.69 Å². The van der Waals surface area contributed by atoms with E-state index in [2.05, 4.69) is 10.1 Å². The van der Waals surface area contributed by atoms with Gasteiger partial charge in [0.1, 0.15) is 5.82 Å². The van der Waals surface area contributed by atoms with Crippen molar-refractivity contribution in [3.63, 3.8) is 0 Å². The Balaban J connectivity index is 1.57. The van der Waals surface area contributed by atoms with E-state index in [4.69, 9.17) is 11.6 Å².